The van der Waals surface area contributed by atoms with Gasteiger partial charge in [-0.25, -0.2) is 8.42 Å². The van der Waals surface area contributed by atoms with Crippen molar-refractivity contribution in [3.05, 3.63) is 118 Å². The topological polar surface area (TPSA) is 34.1 Å². The first kappa shape index (κ1) is 24.1. The molecule has 2 aliphatic carbocycles. The number of rotatable bonds is 6. The summed E-state index contributed by atoms with van der Waals surface area (Å²) in [4.78, 5) is 0. The minimum Gasteiger partial charge on any atom is -0.224 e. The van der Waals surface area contributed by atoms with Gasteiger partial charge in [0.15, 0.2) is 18.2 Å². The minimum absolute atomic E-state index is 0.215. The average molecular weight is 500 g/mol. The Morgan fingerprint density at radius 1 is 0.697 bits per heavy atom. The molecule has 2 aliphatic rings. The molecule has 0 heterocycles. The molecular weight excluding hydrogens is 471 g/mol. The lowest BCUT2D eigenvalue weighted by molar-refractivity contribution is 0.562. The third-order valence-corrected chi connectivity index (χ3v) is 10.7. The van der Waals surface area contributed by atoms with Gasteiger partial charge in [0.05, 0.1) is 0 Å². The van der Waals surface area contributed by atoms with Gasteiger partial charge in [-0.15, -0.1) is 0 Å². The van der Waals surface area contributed by atoms with Gasteiger partial charge in [-0.1, -0.05) is 118 Å². The Hall–Kier alpha value is -2.07. The maximum Gasteiger partial charge on any atom is 0.197 e. The Kier molecular flexibility index (Phi) is 6.77. The van der Waals surface area contributed by atoms with Gasteiger partial charge in [-0.05, 0) is 50.0 Å². The molecule has 0 radical (unpaired) electrons. The first-order valence-corrected chi connectivity index (χ1v) is 13.3. The fraction of sp³-hybridized carbons (Fsp3) is 0.286. The van der Waals surface area contributed by atoms with Crippen LogP contribution in [0.25, 0.3) is 0 Å². The van der Waals surface area contributed by atoms with Gasteiger partial charge in [0.25, 0.3) is 0 Å². The zero-order chi connectivity index (χ0) is 23.7. The Morgan fingerprint density at radius 3 is 1.42 bits per heavy atom. The van der Waals surface area contributed by atoms with Crippen LogP contribution in [0.1, 0.15) is 37.8 Å². The fourth-order valence-corrected chi connectivity index (χ4v) is 7.63. The SMILES string of the molecule is CC1=C(Cc2ccccc2)CC(Cl)(S(=O)(=O)C2(Cl)C=CC(C)=C(Cc3ccccc3)C2)C=C1. The molecular formula is C28H28Cl2O2S. The number of benzene rings is 2. The molecule has 2 atom stereocenters. The van der Waals surface area contributed by atoms with Gasteiger partial charge >= 0.3 is 0 Å². The van der Waals surface area contributed by atoms with Crippen molar-refractivity contribution < 1.29 is 8.42 Å². The quantitative estimate of drug-likeness (QED) is 0.391. The Labute approximate surface area is 207 Å². The van der Waals surface area contributed by atoms with Crippen LogP contribution in [0.5, 0.6) is 0 Å². The molecule has 0 N–H and O–H groups in total. The summed E-state index contributed by atoms with van der Waals surface area (Å²) in [6.45, 7) is 4.00. The third kappa shape index (κ3) is 4.77. The summed E-state index contributed by atoms with van der Waals surface area (Å²) in [7, 11) is -3.99. The largest absolute Gasteiger partial charge is 0.224 e. The fourth-order valence-electron chi connectivity index (χ4n) is 4.45. The lowest BCUT2D eigenvalue weighted by Crippen LogP contribution is -2.46. The van der Waals surface area contributed by atoms with Crippen LogP contribution in [0.2, 0.25) is 0 Å². The highest BCUT2D eigenvalue weighted by Gasteiger charge is 2.54. The van der Waals surface area contributed by atoms with E-state index < -0.39 is 18.2 Å². The summed E-state index contributed by atoms with van der Waals surface area (Å²) in [6, 6.07) is 20.0. The predicted molar refractivity (Wildman–Crippen MR) is 139 cm³/mol. The van der Waals surface area contributed by atoms with E-state index in [-0.39, 0.29) is 12.8 Å². The summed E-state index contributed by atoms with van der Waals surface area (Å²) >= 11 is 13.8. The first-order valence-electron chi connectivity index (χ1n) is 11.1. The molecule has 172 valence electrons. The summed E-state index contributed by atoms with van der Waals surface area (Å²) in [5.41, 5.74) is 6.38. The number of alkyl halides is 2. The second kappa shape index (κ2) is 9.29. The second-order valence-electron chi connectivity index (χ2n) is 8.99. The van der Waals surface area contributed by atoms with E-state index in [4.69, 9.17) is 23.2 Å². The Bertz CT molecular complexity index is 1160. The summed E-state index contributed by atoms with van der Waals surface area (Å²) in [5.74, 6) is 0. The molecule has 0 fully saturated rings. The van der Waals surface area contributed by atoms with Crippen molar-refractivity contribution >= 4 is 33.0 Å². The first-order chi connectivity index (χ1) is 15.6. The van der Waals surface area contributed by atoms with E-state index in [1.807, 2.05) is 86.7 Å². The molecule has 0 saturated heterocycles. The maximum absolute atomic E-state index is 14.0. The zero-order valence-corrected chi connectivity index (χ0v) is 21.2. The van der Waals surface area contributed by atoms with E-state index in [9.17, 15) is 8.42 Å². The van der Waals surface area contributed by atoms with Crippen molar-refractivity contribution in [1.29, 1.82) is 0 Å². The molecule has 0 aromatic heterocycles. The summed E-state index contributed by atoms with van der Waals surface area (Å²) < 4.78 is 24.8. The maximum atomic E-state index is 14.0. The molecule has 5 heteroatoms. The van der Waals surface area contributed by atoms with Crippen LogP contribution in [-0.2, 0) is 22.7 Å². The average Bonchev–Trinajstić information content (AvgIpc) is 2.80. The smallest absolute Gasteiger partial charge is 0.197 e. The van der Waals surface area contributed by atoms with Crippen LogP contribution < -0.4 is 0 Å². The minimum atomic E-state index is -3.99. The van der Waals surface area contributed by atoms with E-state index in [2.05, 4.69) is 0 Å². The van der Waals surface area contributed by atoms with E-state index in [1.54, 1.807) is 12.2 Å². The van der Waals surface area contributed by atoms with Gasteiger partial charge in [-0.2, -0.15) is 0 Å². The Morgan fingerprint density at radius 2 is 1.06 bits per heavy atom. The highest BCUT2D eigenvalue weighted by molar-refractivity contribution is 7.97. The molecule has 0 saturated carbocycles. The Balaban J connectivity index is 1.61. The normalized spacial score (nSPS) is 25.6. The molecule has 2 aromatic rings. The zero-order valence-electron chi connectivity index (χ0n) is 18.9. The van der Waals surface area contributed by atoms with Crippen molar-refractivity contribution in [3.63, 3.8) is 0 Å². The van der Waals surface area contributed by atoms with E-state index in [0.717, 1.165) is 33.4 Å². The number of allylic oxidation sites excluding steroid dienone is 6. The summed E-state index contributed by atoms with van der Waals surface area (Å²) in [5, 5.41) is 0. The standard InChI is InChI=1S/C28H28Cl2O2S/c1-21-13-15-27(29,19-25(21)17-23-9-5-3-6-10-23)33(31,32)28(30)16-14-22(2)26(20-28)18-24-11-7-4-8-12-24/h3-16H,17-20H2,1-2H3. The highest BCUT2D eigenvalue weighted by Crippen LogP contribution is 2.49. The van der Waals surface area contributed by atoms with Crippen molar-refractivity contribution in [2.24, 2.45) is 0 Å². The molecule has 2 unspecified atom stereocenters. The van der Waals surface area contributed by atoms with Gasteiger partial charge in [0.2, 0.25) is 0 Å². The molecule has 2 nitrogen and oxygen atoms in total. The van der Waals surface area contributed by atoms with Crippen molar-refractivity contribution in [1.82, 2.24) is 0 Å². The van der Waals surface area contributed by atoms with E-state index >= 15 is 0 Å². The van der Waals surface area contributed by atoms with Gasteiger partial charge in [-0.3, -0.25) is 0 Å². The molecule has 33 heavy (non-hydrogen) atoms. The summed E-state index contributed by atoms with van der Waals surface area (Å²) in [6.07, 6.45) is 8.60. The van der Waals surface area contributed by atoms with Gasteiger partial charge in [0, 0.05) is 12.8 Å². The molecule has 4 rings (SSSR count). The molecule has 0 spiro atoms. The number of sulfone groups is 1. The van der Waals surface area contributed by atoms with Gasteiger partial charge < -0.3 is 0 Å². The highest BCUT2D eigenvalue weighted by atomic mass is 35.5. The van der Waals surface area contributed by atoms with E-state index in [0.29, 0.717) is 12.8 Å². The third-order valence-electron chi connectivity index (χ3n) is 6.60. The number of hydrogen-bond donors (Lipinski definition) is 0. The monoisotopic (exact) mass is 498 g/mol. The predicted octanol–water partition coefficient (Wildman–Crippen LogP) is 7.31. The molecule has 0 bridgehead atoms. The van der Waals surface area contributed by atoms with Crippen molar-refractivity contribution in [2.75, 3.05) is 0 Å². The van der Waals surface area contributed by atoms with Crippen LogP contribution in [-0.4, -0.2) is 16.8 Å². The number of halogens is 2. The molecule has 0 amide bonds. The van der Waals surface area contributed by atoms with Crippen LogP contribution >= 0.6 is 23.2 Å². The van der Waals surface area contributed by atoms with Crippen LogP contribution in [0, 0.1) is 0 Å². The van der Waals surface area contributed by atoms with Crippen molar-refractivity contribution in [2.45, 2.75) is 47.9 Å². The van der Waals surface area contributed by atoms with E-state index in [1.165, 1.54) is 0 Å². The van der Waals surface area contributed by atoms with Crippen LogP contribution in [0.4, 0.5) is 0 Å². The molecule has 0 aliphatic heterocycles. The lowest BCUT2D eigenvalue weighted by atomic mass is 9.92. The number of hydrogen-bond acceptors (Lipinski definition) is 2. The van der Waals surface area contributed by atoms with Gasteiger partial charge in [0.1, 0.15) is 0 Å². The van der Waals surface area contributed by atoms with Crippen LogP contribution in [0.15, 0.2) is 107 Å². The second-order valence-corrected chi connectivity index (χ2v) is 13.3. The molecule has 2 aromatic carbocycles. The van der Waals surface area contributed by atoms with Crippen molar-refractivity contribution in [3.8, 4) is 0 Å². The lowest BCUT2D eigenvalue weighted by Gasteiger charge is -2.37. The van der Waals surface area contributed by atoms with Crippen LogP contribution in [0.3, 0.4) is 0 Å².